The smallest absolute Gasteiger partial charge is 0.253 e. The van der Waals surface area contributed by atoms with Gasteiger partial charge in [-0.2, -0.15) is 0 Å². The second-order valence-corrected chi connectivity index (χ2v) is 3.94. The molecule has 0 radical (unpaired) electrons. The highest BCUT2D eigenvalue weighted by atomic mass is 16.5. The van der Waals surface area contributed by atoms with Crippen LogP contribution in [0.3, 0.4) is 0 Å². The molecule has 5 heteroatoms. The van der Waals surface area contributed by atoms with E-state index in [-0.39, 0.29) is 5.91 Å². The Labute approximate surface area is 107 Å². The van der Waals surface area contributed by atoms with Crippen molar-refractivity contribution in [1.82, 2.24) is 4.90 Å². The molecule has 2 N–H and O–H groups in total. The van der Waals surface area contributed by atoms with Crippen molar-refractivity contribution in [3.05, 3.63) is 23.8 Å². The minimum atomic E-state index is -0.0969. The van der Waals surface area contributed by atoms with Gasteiger partial charge in [-0.3, -0.25) is 4.79 Å². The van der Waals surface area contributed by atoms with Crippen LogP contribution in [0.2, 0.25) is 0 Å². The molecule has 1 amide bonds. The number of anilines is 1. The highest BCUT2D eigenvalue weighted by Gasteiger charge is 2.13. The SMILES string of the molecule is CCOc1cc(N)cc(C(=O)N(C)CCOC)c1. The van der Waals surface area contributed by atoms with Gasteiger partial charge < -0.3 is 20.1 Å². The molecule has 5 nitrogen and oxygen atoms in total. The van der Waals surface area contributed by atoms with Crippen LogP contribution in [-0.2, 0) is 4.74 Å². The van der Waals surface area contributed by atoms with Gasteiger partial charge in [0.15, 0.2) is 0 Å². The Balaban J connectivity index is 2.84. The van der Waals surface area contributed by atoms with Crippen molar-refractivity contribution in [1.29, 1.82) is 0 Å². The normalized spacial score (nSPS) is 10.2. The van der Waals surface area contributed by atoms with E-state index >= 15 is 0 Å². The predicted octanol–water partition coefficient (Wildman–Crippen LogP) is 1.39. The summed E-state index contributed by atoms with van der Waals surface area (Å²) in [7, 11) is 3.33. The van der Waals surface area contributed by atoms with Crippen LogP contribution < -0.4 is 10.5 Å². The number of carbonyl (C=O) groups excluding carboxylic acids is 1. The maximum atomic E-state index is 12.1. The molecule has 0 saturated carbocycles. The molecular weight excluding hydrogens is 232 g/mol. The van der Waals surface area contributed by atoms with Gasteiger partial charge in [-0.05, 0) is 19.1 Å². The quantitative estimate of drug-likeness (QED) is 0.777. The molecule has 0 spiro atoms. The van der Waals surface area contributed by atoms with Gasteiger partial charge >= 0.3 is 0 Å². The number of nitrogens with two attached hydrogens (primary N) is 1. The third-order valence-electron chi connectivity index (χ3n) is 2.46. The Kier molecular flexibility index (Phi) is 5.45. The predicted molar refractivity (Wildman–Crippen MR) is 70.9 cm³/mol. The summed E-state index contributed by atoms with van der Waals surface area (Å²) in [6.45, 7) is 3.46. The molecular formula is C13H20N2O3. The number of ether oxygens (including phenoxy) is 2. The second-order valence-electron chi connectivity index (χ2n) is 3.94. The van der Waals surface area contributed by atoms with E-state index < -0.39 is 0 Å². The molecule has 0 atom stereocenters. The summed E-state index contributed by atoms with van der Waals surface area (Å²) >= 11 is 0. The van der Waals surface area contributed by atoms with E-state index in [1.807, 2.05) is 6.92 Å². The molecule has 0 aliphatic heterocycles. The van der Waals surface area contributed by atoms with Gasteiger partial charge in [0.2, 0.25) is 0 Å². The number of rotatable bonds is 6. The Bertz CT molecular complexity index is 407. The Morgan fingerprint density at radius 2 is 2.11 bits per heavy atom. The van der Waals surface area contributed by atoms with Crippen LogP contribution in [0.15, 0.2) is 18.2 Å². The molecule has 0 bridgehead atoms. The fraction of sp³-hybridized carbons (Fsp3) is 0.462. The standard InChI is InChI=1S/C13H20N2O3/c1-4-18-12-8-10(7-11(14)9-12)13(16)15(2)5-6-17-3/h7-9H,4-6,14H2,1-3H3. The fourth-order valence-electron chi connectivity index (χ4n) is 1.55. The Morgan fingerprint density at radius 3 is 2.72 bits per heavy atom. The van der Waals surface area contributed by atoms with Crippen LogP contribution in [-0.4, -0.2) is 44.7 Å². The summed E-state index contributed by atoms with van der Waals surface area (Å²) < 4.78 is 10.3. The molecule has 1 aromatic rings. The summed E-state index contributed by atoms with van der Waals surface area (Å²) in [4.78, 5) is 13.7. The highest BCUT2D eigenvalue weighted by molar-refractivity contribution is 5.95. The van der Waals surface area contributed by atoms with E-state index in [1.165, 1.54) is 0 Å². The number of hydrogen-bond acceptors (Lipinski definition) is 4. The van der Waals surface area contributed by atoms with Crippen LogP contribution in [0.5, 0.6) is 5.75 Å². The summed E-state index contributed by atoms with van der Waals surface area (Å²) in [5, 5.41) is 0. The lowest BCUT2D eigenvalue weighted by Gasteiger charge is -2.17. The largest absolute Gasteiger partial charge is 0.494 e. The third kappa shape index (κ3) is 3.92. The number of hydrogen-bond donors (Lipinski definition) is 1. The van der Waals surface area contributed by atoms with E-state index in [0.29, 0.717) is 36.8 Å². The molecule has 0 aliphatic carbocycles. The van der Waals surface area contributed by atoms with E-state index in [4.69, 9.17) is 15.2 Å². The lowest BCUT2D eigenvalue weighted by Crippen LogP contribution is -2.30. The number of likely N-dealkylation sites (N-methyl/N-ethyl adjacent to an activating group) is 1. The minimum Gasteiger partial charge on any atom is -0.494 e. The molecule has 0 saturated heterocycles. The van der Waals surface area contributed by atoms with E-state index in [2.05, 4.69) is 0 Å². The zero-order valence-corrected chi connectivity index (χ0v) is 11.1. The number of carbonyl (C=O) groups is 1. The van der Waals surface area contributed by atoms with Crippen molar-refractivity contribution < 1.29 is 14.3 Å². The molecule has 18 heavy (non-hydrogen) atoms. The summed E-state index contributed by atoms with van der Waals surface area (Å²) in [6.07, 6.45) is 0. The van der Waals surface area contributed by atoms with Crippen molar-refractivity contribution in [3.63, 3.8) is 0 Å². The monoisotopic (exact) mass is 252 g/mol. The average molecular weight is 252 g/mol. The molecule has 0 aliphatic rings. The number of benzene rings is 1. The second kappa shape index (κ2) is 6.86. The fourth-order valence-corrected chi connectivity index (χ4v) is 1.55. The van der Waals surface area contributed by atoms with Crippen LogP contribution in [0.4, 0.5) is 5.69 Å². The molecule has 1 rings (SSSR count). The first-order valence-electron chi connectivity index (χ1n) is 5.86. The molecule has 100 valence electrons. The average Bonchev–Trinajstić information content (AvgIpc) is 2.34. The van der Waals surface area contributed by atoms with Gasteiger partial charge in [-0.25, -0.2) is 0 Å². The topological polar surface area (TPSA) is 64.8 Å². The van der Waals surface area contributed by atoms with Crippen LogP contribution in [0.25, 0.3) is 0 Å². The van der Waals surface area contributed by atoms with Gasteiger partial charge in [-0.15, -0.1) is 0 Å². The van der Waals surface area contributed by atoms with Crippen molar-refractivity contribution in [3.8, 4) is 5.75 Å². The number of nitrogen functional groups attached to an aromatic ring is 1. The first-order valence-corrected chi connectivity index (χ1v) is 5.86. The van der Waals surface area contributed by atoms with Crippen LogP contribution in [0, 0.1) is 0 Å². The third-order valence-corrected chi connectivity index (χ3v) is 2.46. The van der Waals surface area contributed by atoms with E-state index in [9.17, 15) is 4.79 Å². The summed E-state index contributed by atoms with van der Waals surface area (Å²) in [5.41, 5.74) is 6.80. The molecule has 0 aromatic heterocycles. The van der Waals surface area contributed by atoms with Gasteiger partial charge in [0, 0.05) is 38.0 Å². The number of amides is 1. The zero-order valence-electron chi connectivity index (χ0n) is 11.1. The molecule has 0 unspecified atom stereocenters. The maximum absolute atomic E-state index is 12.1. The van der Waals surface area contributed by atoms with E-state index in [1.54, 1.807) is 37.3 Å². The Hall–Kier alpha value is -1.75. The summed E-state index contributed by atoms with van der Waals surface area (Å²) in [5.74, 6) is 0.515. The van der Waals surface area contributed by atoms with Crippen molar-refractivity contribution >= 4 is 11.6 Å². The highest BCUT2D eigenvalue weighted by Crippen LogP contribution is 2.19. The van der Waals surface area contributed by atoms with Gasteiger partial charge in [-0.1, -0.05) is 0 Å². The summed E-state index contributed by atoms with van der Waals surface area (Å²) in [6, 6.07) is 5.05. The first-order chi connectivity index (χ1) is 8.58. The van der Waals surface area contributed by atoms with Gasteiger partial charge in [0.25, 0.3) is 5.91 Å². The minimum absolute atomic E-state index is 0.0969. The van der Waals surface area contributed by atoms with Crippen LogP contribution in [0.1, 0.15) is 17.3 Å². The Morgan fingerprint density at radius 1 is 1.39 bits per heavy atom. The maximum Gasteiger partial charge on any atom is 0.253 e. The molecule has 0 fully saturated rings. The first kappa shape index (κ1) is 14.3. The van der Waals surface area contributed by atoms with Crippen molar-refractivity contribution in [2.24, 2.45) is 0 Å². The molecule has 1 aromatic carbocycles. The zero-order chi connectivity index (χ0) is 13.5. The number of nitrogens with zero attached hydrogens (tertiary/aromatic N) is 1. The molecule has 0 heterocycles. The lowest BCUT2D eigenvalue weighted by atomic mass is 10.1. The van der Waals surface area contributed by atoms with E-state index in [0.717, 1.165) is 0 Å². The lowest BCUT2D eigenvalue weighted by molar-refractivity contribution is 0.0744. The van der Waals surface area contributed by atoms with Crippen molar-refractivity contribution in [2.75, 3.05) is 39.6 Å². The number of methoxy groups -OCH3 is 1. The van der Waals surface area contributed by atoms with Crippen LogP contribution >= 0.6 is 0 Å². The van der Waals surface area contributed by atoms with Gasteiger partial charge in [0.05, 0.1) is 13.2 Å². The van der Waals surface area contributed by atoms with Gasteiger partial charge in [0.1, 0.15) is 5.75 Å². The van der Waals surface area contributed by atoms with Crippen molar-refractivity contribution in [2.45, 2.75) is 6.92 Å².